The minimum Gasteiger partial charge on any atom is -0.458 e. The second kappa shape index (κ2) is 7.20. The lowest BCUT2D eigenvalue weighted by atomic mass is 10.2. The van der Waals surface area contributed by atoms with Crippen molar-refractivity contribution < 1.29 is 23.9 Å². The van der Waals surface area contributed by atoms with Crippen molar-refractivity contribution in [2.75, 3.05) is 20.3 Å². The molecule has 5 heteroatoms. The minimum atomic E-state index is -0.900. The zero-order valence-electron chi connectivity index (χ0n) is 8.37. The summed E-state index contributed by atoms with van der Waals surface area (Å²) in [5, 5.41) is 0. The summed E-state index contributed by atoms with van der Waals surface area (Å²) in [6, 6.07) is 0. The van der Waals surface area contributed by atoms with Gasteiger partial charge in [-0.1, -0.05) is 0 Å². The van der Waals surface area contributed by atoms with Gasteiger partial charge in [-0.25, -0.2) is 4.79 Å². The van der Waals surface area contributed by atoms with Gasteiger partial charge in [0, 0.05) is 20.0 Å². The number of rotatable bonds is 7. The van der Waals surface area contributed by atoms with Crippen LogP contribution in [0.25, 0.3) is 0 Å². The van der Waals surface area contributed by atoms with Crippen molar-refractivity contribution in [3.63, 3.8) is 0 Å². The van der Waals surface area contributed by atoms with Crippen LogP contribution in [0, 0.1) is 0 Å². The molecule has 0 N–H and O–H groups in total. The maximum atomic E-state index is 11.0. The molecule has 5 nitrogen and oxygen atoms in total. The first-order valence-corrected chi connectivity index (χ1v) is 4.26. The molecule has 0 unspecified atom stereocenters. The zero-order valence-corrected chi connectivity index (χ0v) is 8.37. The van der Waals surface area contributed by atoms with Crippen LogP contribution in [0.2, 0.25) is 0 Å². The fourth-order valence-corrected chi connectivity index (χ4v) is 0.690. The lowest BCUT2D eigenvalue weighted by Crippen LogP contribution is -2.19. The van der Waals surface area contributed by atoms with Gasteiger partial charge in [0.1, 0.15) is 12.4 Å². The van der Waals surface area contributed by atoms with Crippen LogP contribution in [0.1, 0.15) is 19.8 Å². The van der Waals surface area contributed by atoms with Crippen LogP contribution >= 0.6 is 0 Å². The van der Waals surface area contributed by atoms with E-state index in [0.29, 0.717) is 0 Å². The molecule has 0 aromatic heterocycles. The molecular formula is C9H14O5. The van der Waals surface area contributed by atoms with E-state index in [2.05, 4.69) is 9.47 Å². The van der Waals surface area contributed by atoms with Crippen molar-refractivity contribution in [1.82, 2.24) is 0 Å². The highest BCUT2D eigenvalue weighted by Gasteiger charge is 2.15. The number of hydrogen-bond donors (Lipinski definition) is 0. The average Bonchev–Trinajstić information content (AvgIpc) is 2.14. The van der Waals surface area contributed by atoms with Crippen molar-refractivity contribution >= 4 is 17.5 Å². The molecule has 0 aromatic carbocycles. The summed E-state index contributed by atoms with van der Waals surface area (Å²) in [6.07, 6.45) is -0.000635. The fourth-order valence-electron chi connectivity index (χ4n) is 0.690. The standard InChI is InChI=1S/C9H14O5/c1-7(10)3-4-8(11)9(12)14-6-5-13-2/h3-6H2,1-2H3. The van der Waals surface area contributed by atoms with Crippen molar-refractivity contribution in [3.8, 4) is 0 Å². The lowest BCUT2D eigenvalue weighted by molar-refractivity contribution is -0.154. The number of methoxy groups -OCH3 is 1. The molecule has 0 atom stereocenters. The van der Waals surface area contributed by atoms with Crippen LogP contribution < -0.4 is 0 Å². The second-order valence-corrected chi connectivity index (χ2v) is 2.75. The Hall–Kier alpha value is -1.23. The highest BCUT2D eigenvalue weighted by molar-refractivity contribution is 6.33. The largest absolute Gasteiger partial charge is 0.458 e. The Labute approximate surface area is 82.4 Å². The van der Waals surface area contributed by atoms with Crippen molar-refractivity contribution in [2.45, 2.75) is 19.8 Å². The van der Waals surface area contributed by atoms with Gasteiger partial charge in [-0.3, -0.25) is 4.79 Å². The fraction of sp³-hybridized carbons (Fsp3) is 0.667. The molecule has 14 heavy (non-hydrogen) atoms. The van der Waals surface area contributed by atoms with Gasteiger partial charge < -0.3 is 14.3 Å². The second-order valence-electron chi connectivity index (χ2n) is 2.75. The molecule has 0 heterocycles. The molecule has 80 valence electrons. The SMILES string of the molecule is COCCOC(=O)C(=O)CCC(C)=O. The van der Waals surface area contributed by atoms with Gasteiger partial charge in [-0.15, -0.1) is 0 Å². The molecule has 0 bridgehead atoms. The Morgan fingerprint density at radius 2 is 1.71 bits per heavy atom. The van der Waals surface area contributed by atoms with Gasteiger partial charge in [-0.2, -0.15) is 0 Å². The van der Waals surface area contributed by atoms with E-state index in [-0.39, 0.29) is 31.8 Å². The lowest BCUT2D eigenvalue weighted by Gasteiger charge is -2.01. The van der Waals surface area contributed by atoms with E-state index in [9.17, 15) is 14.4 Å². The van der Waals surface area contributed by atoms with E-state index in [4.69, 9.17) is 0 Å². The summed E-state index contributed by atoms with van der Waals surface area (Å²) in [5.41, 5.74) is 0. The predicted molar refractivity (Wildman–Crippen MR) is 47.8 cm³/mol. The molecule has 0 aromatic rings. The van der Waals surface area contributed by atoms with Crippen LogP contribution in [0.3, 0.4) is 0 Å². The summed E-state index contributed by atoms with van der Waals surface area (Å²) in [4.78, 5) is 32.4. The van der Waals surface area contributed by atoms with Crippen LogP contribution in [0.15, 0.2) is 0 Å². The number of carbonyl (C=O) groups is 3. The van der Waals surface area contributed by atoms with Crippen molar-refractivity contribution in [3.05, 3.63) is 0 Å². The summed E-state index contributed by atoms with van der Waals surface area (Å²) in [5.74, 6) is -1.69. The first-order valence-electron chi connectivity index (χ1n) is 4.26. The van der Waals surface area contributed by atoms with Gasteiger partial charge >= 0.3 is 5.97 Å². The normalized spacial score (nSPS) is 9.57. The smallest absolute Gasteiger partial charge is 0.374 e. The summed E-state index contributed by atoms with van der Waals surface area (Å²) >= 11 is 0. The number of esters is 1. The average molecular weight is 202 g/mol. The molecule has 0 spiro atoms. The van der Waals surface area contributed by atoms with Crippen molar-refractivity contribution in [1.29, 1.82) is 0 Å². The molecule has 0 fully saturated rings. The Balaban J connectivity index is 3.65. The molecular weight excluding hydrogens is 188 g/mol. The van der Waals surface area contributed by atoms with E-state index in [1.54, 1.807) is 0 Å². The van der Waals surface area contributed by atoms with E-state index in [1.807, 2.05) is 0 Å². The van der Waals surface area contributed by atoms with E-state index in [0.717, 1.165) is 0 Å². The van der Waals surface area contributed by atoms with Gasteiger partial charge in [0.15, 0.2) is 0 Å². The number of hydrogen-bond acceptors (Lipinski definition) is 5. The topological polar surface area (TPSA) is 69.7 Å². The summed E-state index contributed by atoms with van der Waals surface area (Å²) in [7, 11) is 1.46. The minimum absolute atomic E-state index is 0.0567. The van der Waals surface area contributed by atoms with Gasteiger partial charge in [0.25, 0.3) is 0 Å². The van der Waals surface area contributed by atoms with Crippen molar-refractivity contribution in [2.24, 2.45) is 0 Å². The maximum Gasteiger partial charge on any atom is 0.374 e. The highest BCUT2D eigenvalue weighted by atomic mass is 16.6. The zero-order chi connectivity index (χ0) is 11.0. The monoisotopic (exact) mass is 202 g/mol. The Kier molecular flexibility index (Phi) is 6.57. The third kappa shape index (κ3) is 6.30. The van der Waals surface area contributed by atoms with E-state index >= 15 is 0 Å². The van der Waals surface area contributed by atoms with Gasteiger partial charge in [0.05, 0.1) is 6.61 Å². The molecule has 0 saturated heterocycles. The molecule has 0 radical (unpaired) electrons. The summed E-state index contributed by atoms with van der Waals surface area (Å²) < 4.78 is 9.18. The number of ether oxygens (including phenoxy) is 2. The quantitative estimate of drug-likeness (QED) is 0.333. The third-order valence-corrected chi connectivity index (χ3v) is 1.45. The Bertz CT molecular complexity index is 221. The first-order chi connectivity index (χ1) is 6.57. The molecule has 0 amide bonds. The van der Waals surface area contributed by atoms with Crippen LogP contribution in [0.4, 0.5) is 0 Å². The Morgan fingerprint density at radius 1 is 1.07 bits per heavy atom. The number of Topliss-reactive ketones (excluding diaryl/α,β-unsaturated/α-hetero) is 2. The molecule has 0 saturated carbocycles. The molecule has 0 rings (SSSR count). The third-order valence-electron chi connectivity index (χ3n) is 1.45. The number of carbonyl (C=O) groups excluding carboxylic acids is 3. The highest BCUT2D eigenvalue weighted by Crippen LogP contribution is 1.94. The van der Waals surface area contributed by atoms with Crippen LogP contribution in [-0.4, -0.2) is 37.9 Å². The van der Waals surface area contributed by atoms with Gasteiger partial charge in [-0.05, 0) is 6.92 Å². The van der Waals surface area contributed by atoms with E-state index in [1.165, 1.54) is 14.0 Å². The first kappa shape index (κ1) is 12.8. The molecule has 0 aliphatic carbocycles. The van der Waals surface area contributed by atoms with Gasteiger partial charge in [0.2, 0.25) is 5.78 Å². The number of ketones is 2. The van der Waals surface area contributed by atoms with Crippen LogP contribution in [0.5, 0.6) is 0 Å². The van der Waals surface area contributed by atoms with E-state index < -0.39 is 11.8 Å². The Morgan fingerprint density at radius 3 is 2.21 bits per heavy atom. The maximum absolute atomic E-state index is 11.0. The molecule has 0 aliphatic rings. The summed E-state index contributed by atoms with van der Waals surface area (Å²) in [6.45, 7) is 1.68. The molecule has 0 aliphatic heterocycles. The van der Waals surface area contributed by atoms with Crippen LogP contribution in [-0.2, 0) is 23.9 Å². The predicted octanol–water partition coefficient (Wildman–Crippen LogP) is 0.114.